The number of oxime groups is 1. The van der Waals surface area contributed by atoms with Crippen molar-refractivity contribution in [2.75, 3.05) is 7.05 Å². The van der Waals surface area contributed by atoms with Crippen LogP contribution in [-0.2, 0) is 11.3 Å². The summed E-state index contributed by atoms with van der Waals surface area (Å²) in [5.41, 5.74) is 5.55. The summed E-state index contributed by atoms with van der Waals surface area (Å²) in [6.45, 7) is 3.96. The maximum atomic E-state index is 12.2. The molecule has 0 aliphatic rings. The number of hydrogen-bond acceptors (Lipinski definition) is 5. The molecule has 4 N–H and O–H groups in total. The highest BCUT2D eigenvalue weighted by Gasteiger charge is 2.29. The molecule has 1 atom stereocenters. The molecule has 0 aliphatic heterocycles. The predicted octanol–water partition coefficient (Wildman–Crippen LogP) is -0.218. The van der Waals surface area contributed by atoms with Gasteiger partial charge in [-0.2, -0.15) is 5.10 Å². The molecule has 0 spiro atoms. The van der Waals surface area contributed by atoms with Crippen molar-refractivity contribution in [3.05, 3.63) is 12.2 Å². The Kier molecular flexibility index (Phi) is 4.64. The Bertz CT molecular complexity index is 414. The first-order valence-corrected chi connectivity index (χ1v) is 5.54. The van der Waals surface area contributed by atoms with Crippen LogP contribution in [0.4, 0.5) is 0 Å². The Hall–Kier alpha value is -2.12. The van der Waals surface area contributed by atoms with Gasteiger partial charge in [0.25, 0.3) is 0 Å². The van der Waals surface area contributed by atoms with E-state index in [2.05, 4.69) is 20.3 Å². The second kappa shape index (κ2) is 5.99. The van der Waals surface area contributed by atoms with Crippen LogP contribution in [0.5, 0.6) is 0 Å². The zero-order valence-electron chi connectivity index (χ0n) is 10.7. The molecule has 100 valence electrons. The molecule has 18 heavy (non-hydrogen) atoms. The van der Waals surface area contributed by atoms with Crippen molar-refractivity contribution >= 4 is 11.7 Å². The lowest BCUT2D eigenvalue weighted by atomic mass is 9.93. The summed E-state index contributed by atoms with van der Waals surface area (Å²) in [5.74, 6) is -0.447. The van der Waals surface area contributed by atoms with E-state index in [1.807, 2.05) is 13.8 Å². The van der Waals surface area contributed by atoms with Crippen LogP contribution in [0.1, 0.15) is 19.7 Å². The van der Waals surface area contributed by atoms with Crippen molar-refractivity contribution in [2.45, 2.75) is 20.4 Å². The van der Waals surface area contributed by atoms with Crippen LogP contribution < -0.4 is 5.73 Å². The molecule has 0 bridgehead atoms. The number of carbonyl (C=O) groups is 1. The first-order valence-electron chi connectivity index (χ1n) is 5.54. The van der Waals surface area contributed by atoms with Crippen LogP contribution in [0.15, 0.2) is 11.5 Å². The van der Waals surface area contributed by atoms with Gasteiger partial charge in [-0.05, 0) is 5.92 Å². The monoisotopic (exact) mass is 254 g/mol. The van der Waals surface area contributed by atoms with E-state index in [-0.39, 0.29) is 17.7 Å². The predicted molar refractivity (Wildman–Crippen MR) is 64.6 cm³/mol. The largest absolute Gasteiger partial charge is 0.409 e. The van der Waals surface area contributed by atoms with Crippen LogP contribution in [-0.4, -0.2) is 44.1 Å². The van der Waals surface area contributed by atoms with Crippen LogP contribution in [0.25, 0.3) is 0 Å². The third-order valence-corrected chi connectivity index (χ3v) is 2.59. The van der Waals surface area contributed by atoms with Gasteiger partial charge < -0.3 is 15.8 Å². The Morgan fingerprint density at radius 2 is 2.33 bits per heavy atom. The minimum Gasteiger partial charge on any atom is -0.409 e. The highest BCUT2D eigenvalue weighted by Crippen LogP contribution is 2.15. The van der Waals surface area contributed by atoms with Crippen LogP contribution in [0.2, 0.25) is 0 Å². The first-order chi connectivity index (χ1) is 8.47. The first kappa shape index (κ1) is 13.9. The topological polar surface area (TPSA) is 120 Å². The second-order valence-electron chi connectivity index (χ2n) is 4.37. The number of nitrogens with one attached hydrogen (secondary N) is 1. The number of hydrogen-bond donors (Lipinski definition) is 3. The molecule has 1 rings (SSSR count). The molecule has 1 unspecified atom stereocenters. The summed E-state index contributed by atoms with van der Waals surface area (Å²) in [5, 5.41) is 18.0. The number of aromatic amines is 1. The maximum Gasteiger partial charge on any atom is 0.233 e. The molecule has 1 aromatic heterocycles. The summed E-state index contributed by atoms with van der Waals surface area (Å²) in [6.07, 6.45) is 1.37. The normalized spacial score (nSPS) is 13.7. The van der Waals surface area contributed by atoms with E-state index in [9.17, 15) is 4.79 Å². The highest BCUT2D eigenvalue weighted by atomic mass is 16.4. The molecular formula is C10H18N6O2. The van der Waals surface area contributed by atoms with Crippen molar-refractivity contribution in [3.8, 4) is 0 Å². The molecule has 0 aliphatic carbocycles. The Morgan fingerprint density at radius 3 is 2.78 bits per heavy atom. The van der Waals surface area contributed by atoms with Gasteiger partial charge >= 0.3 is 0 Å². The maximum absolute atomic E-state index is 12.2. The van der Waals surface area contributed by atoms with Crippen molar-refractivity contribution in [1.82, 2.24) is 20.1 Å². The summed E-state index contributed by atoms with van der Waals surface area (Å²) >= 11 is 0. The standard InChI is InChI=1S/C10H18N6O2/c1-6(2)8(9(11)15-18)10(17)16(3)4-7-12-5-13-14-7/h5-6,8,18H,4H2,1-3H3,(H2,11,15)(H,12,13,14). The molecular weight excluding hydrogens is 236 g/mol. The molecule has 0 saturated heterocycles. The minimum absolute atomic E-state index is 0.0643. The van der Waals surface area contributed by atoms with Crippen LogP contribution in [0.3, 0.4) is 0 Å². The lowest BCUT2D eigenvalue weighted by Gasteiger charge is -2.24. The molecule has 8 heteroatoms. The summed E-state index contributed by atoms with van der Waals surface area (Å²) < 4.78 is 0. The van der Waals surface area contributed by atoms with Crippen molar-refractivity contribution in [1.29, 1.82) is 0 Å². The number of rotatable bonds is 5. The SMILES string of the molecule is CC(C)C(C(=O)N(C)Cc1ncn[nH]1)C(N)=NO. The van der Waals surface area contributed by atoms with E-state index in [0.29, 0.717) is 12.4 Å². The number of aromatic nitrogens is 3. The zero-order chi connectivity index (χ0) is 13.7. The van der Waals surface area contributed by atoms with Gasteiger partial charge in [0.05, 0.1) is 6.54 Å². The van der Waals surface area contributed by atoms with Crippen molar-refractivity contribution < 1.29 is 10.0 Å². The highest BCUT2D eigenvalue weighted by molar-refractivity contribution is 6.02. The van der Waals surface area contributed by atoms with Crippen molar-refractivity contribution in [2.24, 2.45) is 22.7 Å². The Balaban J connectivity index is 2.77. The number of amidine groups is 1. The van der Waals surface area contributed by atoms with E-state index in [1.54, 1.807) is 7.05 Å². The third kappa shape index (κ3) is 3.19. The van der Waals surface area contributed by atoms with Gasteiger partial charge in [0.15, 0.2) is 5.84 Å². The van der Waals surface area contributed by atoms with Gasteiger partial charge in [0.2, 0.25) is 5.91 Å². The Morgan fingerprint density at radius 1 is 1.67 bits per heavy atom. The second-order valence-corrected chi connectivity index (χ2v) is 4.37. The molecule has 1 amide bonds. The fraction of sp³-hybridized carbons (Fsp3) is 0.600. The van der Waals surface area contributed by atoms with Crippen LogP contribution in [0, 0.1) is 11.8 Å². The molecule has 8 nitrogen and oxygen atoms in total. The fourth-order valence-corrected chi connectivity index (χ4v) is 1.66. The lowest BCUT2D eigenvalue weighted by molar-refractivity contribution is -0.133. The third-order valence-electron chi connectivity index (χ3n) is 2.59. The van der Waals surface area contributed by atoms with Crippen LogP contribution >= 0.6 is 0 Å². The van der Waals surface area contributed by atoms with Gasteiger partial charge in [-0.15, -0.1) is 0 Å². The molecule has 1 aromatic rings. The molecule has 1 heterocycles. The molecule has 0 aromatic carbocycles. The van der Waals surface area contributed by atoms with E-state index in [0.717, 1.165) is 0 Å². The Labute approximate surface area is 105 Å². The van der Waals surface area contributed by atoms with Gasteiger partial charge in [0, 0.05) is 7.05 Å². The fourth-order valence-electron chi connectivity index (χ4n) is 1.66. The minimum atomic E-state index is -0.650. The van der Waals surface area contributed by atoms with Gasteiger partial charge in [-0.1, -0.05) is 19.0 Å². The van der Waals surface area contributed by atoms with Gasteiger partial charge in [0.1, 0.15) is 18.1 Å². The number of amides is 1. The summed E-state index contributed by atoms with van der Waals surface area (Å²) in [7, 11) is 1.63. The molecule has 0 radical (unpaired) electrons. The average molecular weight is 254 g/mol. The number of carbonyl (C=O) groups excluding carboxylic acids is 1. The van der Waals surface area contributed by atoms with E-state index >= 15 is 0 Å². The van der Waals surface area contributed by atoms with E-state index < -0.39 is 5.92 Å². The molecule has 0 saturated carbocycles. The number of H-pyrrole nitrogens is 1. The van der Waals surface area contributed by atoms with E-state index in [1.165, 1.54) is 11.2 Å². The summed E-state index contributed by atoms with van der Waals surface area (Å²) in [6, 6.07) is 0. The van der Waals surface area contributed by atoms with Gasteiger partial charge in [-0.25, -0.2) is 4.98 Å². The quantitative estimate of drug-likeness (QED) is 0.290. The molecule has 0 fully saturated rings. The van der Waals surface area contributed by atoms with E-state index in [4.69, 9.17) is 10.9 Å². The number of nitrogens with zero attached hydrogens (tertiary/aromatic N) is 4. The zero-order valence-corrected chi connectivity index (χ0v) is 10.7. The summed E-state index contributed by atoms with van der Waals surface area (Å²) in [4.78, 5) is 17.6. The number of nitrogens with two attached hydrogens (primary N) is 1. The lowest BCUT2D eigenvalue weighted by Crippen LogP contribution is -2.42. The van der Waals surface area contributed by atoms with Crippen molar-refractivity contribution in [3.63, 3.8) is 0 Å². The smallest absolute Gasteiger partial charge is 0.233 e. The van der Waals surface area contributed by atoms with Gasteiger partial charge in [-0.3, -0.25) is 9.89 Å². The average Bonchev–Trinajstić information content (AvgIpc) is 2.81.